The molecule has 0 bridgehead atoms. The van der Waals surface area contributed by atoms with E-state index >= 15 is 0 Å². The Labute approximate surface area is 150 Å². The van der Waals surface area contributed by atoms with Gasteiger partial charge in [-0.3, -0.25) is 9.53 Å². The molecule has 3 heterocycles. The number of hydrogen-bond acceptors (Lipinski definition) is 6. The molecular formula is C20H18O6. The number of benzene rings is 1. The predicted octanol–water partition coefficient (Wildman–Crippen LogP) is 2.89. The molecule has 0 N–H and O–H groups in total. The van der Waals surface area contributed by atoms with Gasteiger partial charge in [-0.15, -0.1) is 0 Å². The first-order valence-electron chi connectivity index (χ1n) is 8.96. The lowest BCUT2D eigenvalue weighted by Crippen LogP contribution is -2.56. The van der Waals surface area contributed by atoms with Crippen LogP contribution in [0, 0.1) is 17.8 Å². The van der Waals surface area contributed by atoms with E-state index in [9.17, 15) is 4.79 Å². The van der Waals surface area contributed by atoms with Crippen molar-refractivity contribution in [1.82, 2.24) is 0 Å². The fraction of sp³-hybridized carbons (Fsp3) is 0.450. The first-order valence-corrected chi connectivity index (χ1v) is 8.96. The van der Waals surface area contributed by atoms with Gasteiger partial charge in [-0.1, -0.05) is 19.9 Å². The number of ketones is 1. The topological polar surface area (TPSA) is 63.2 Å². The Morgan fingerprint density at radius 3 is 2.69 bits per heavy atom. The van der Waals surface area contributed by atoms with E-state index < -0.39 is 5.79 Å². The molecule has 6 rings (SSSR count). The van der Waals surface area contributed by atoms with Crippen molar-refractivity contribution >= 4 is 5.78 Å². The van der Waals surface area contributed by atoms with Crippen molar-refractivity contribution in [3.05, 3.63) is 41.2 Å². The van der Waals surface area contributed by atoms with Crippen molar-refractivity contribution < 1.29 is 28.5 Å². The second kappa shape index (κ2) is 4.62. The normalized spacial score (nSPS) is 38.3. The molecule has 1 saturated heterocycles. The van der Waals surface area contributed by atoms with Gasteiger partial charge in [0.1, 0.15) is 5.75 Å². The minimum Gasteiger partial charge on any atom is -0.465 e. The van der Waals surface area contributed by atoms with E-state index in [1.807, 2.05) is 12.1 Å². The molecule has 6 nitrogen and oxygen atoms in total. The summed E-state index contributed by atoms with van der Waals surface area (Å²) in [4.78, 5) is 12.8. The molecule has 5 aliphatic rings. The standard InChI is InChI=1S/C20H18O6/c1-9-3-11-13(21)5-17-20(25-8-24-17)19(11)18(10(9)2)12-4-15-16(23-7-22-15)6-14(12)26-20/h3-6,9-10,18-19H,7-8H2,1-2H3/t9-,10+,18+,19-,20-/m0/s1. The van der Waals surface area contributed by atoms with Gasteiger partial charge in [-0.05, 0) is 17.9 Å². The van der Waals surface area contributed by atoms with Gasteiger partial charge in [0.05, 0.1) is 5.92 Å². The van der Waals surface area contributed by atoms with Crippen molar-refractivity contribution in [2.75, 3.05) is 13.6 Å². The number of carbonyl (C=O) groups excluding carboxylic acids is 1. The fourth-order valence-corrected chi connectivity index (χ4v) is 5.04. The molecule has 3 aliphatic heterocycles. The third-order valence-corrected chi connectivity index (χ3v) is 6.45. The SMILES string of the molecule is C[C@H]1[C@@H]2c3cc4c(cc3O[C@@]35OCOC3=CC(=O)C(=C[C@@H]1C)[C@@H]25)OCO4. The van der Waals surface area contributed by atoms with Gasteiger partial charge in [0.15, 0.2) is 29.8 Å². The summed E-state index contributed by atoms with van der Waals surface area (Å²) in [5.41, 5.74) is 1.80. The van der Waals surface area contributed by atoms with E-state index in [4.69, 9.17) is 23.7 Å². The van der Waals surface area contributed by atoms with E-state index in [1.165, 1.54) is 6.08 Å². The van der Waals surface area contributed by atoms with Crippen molar-refractivity contribution in [3.63, 3.8) is 0 Å². The number of allylic oxidation sites excluding steroid dienone is 2. The van der Waals surface area contributed by atoms with Crippen LogP contribution in [0.1, 0.15) is 25.3 Å². The maximum Gasteiger partial charge on any atom is 0.279 e. The third kappa shape index (κ3) is 1.59. The molecule has 0 unspecified atom stereocenters. The monoisotopic (exact) mass is 354 g/mol. The van der Waals surface area contributed by atoms with Gasteiger partial charge in [0.2, 0.25) is 6.79 Å². The Morgan fingerprint density at radius 1 is 1.04 bits per heavy atom. The first kappa shape index (κ1) is 14.7. The summed E-state index contributed by atoms with van der Waals surface area (Å²) in [5.74, 6) is 1.90. The number of ether oxygens (including phenoxy) is 5. The maximum absolute atomic E-state index is 12.8. The fourth-order valence-electron chi connectivity index (χ4n) is 5.04. The van der Waals surface area contributed by atoms with Crippen molar-refractivity contribution in [3.8, 4) is 17.2 Å². The molecule has 0 amide bonds. The molecule has 0 radical (unpaired) electrons. The number of fused-ring (bicyclic) bond motifs is 3. The Hall–Kier alpha value is -2.47. The Morgan fingerprint density at radius 2 is 1.85 bits per heavy atom. The molecule has 1 spiro atoms. The summed E-state index contributed by atoms with van der Waals surface area (Å²) in [6.07, 6.45) is 3.60. The van der Waals surface area contributed by atoms with Gasteiger partial charge in [0, 0.05) is 29.2 Å². The predicted molar refractivity (Wildman–Crippen MR) is 88.7 cm³/mol. The van der Waals surface area contributed by atoms with Crippen LogP contribution in [-0.2, 0) is 14.3 Å². The summed E-state index contributed by atoms with van der Waals surface area (Å²) < 4.78 is 29.1. The van der Waals surface area contributed by atoms with Crippen LogP contribution in [0.5, 0.6) is 17.2 Å². The summed E-state index contributed by atoms with van der Waals surface area (Å²) >= 11 is 0. The van der Waals surface area contributed by atoms with Crippen LogP contribution in [0.4, 0.5) is 0 Å². The summed E-state index contributed by atoms with van der Waals surface area (Å²) in [6, 6.07) is 3.87. The van der Waals surface area contributed by atoms with E-state index in [0.29, 0.717) is 23.2 Å². The number of rotatable bonds is 0. The van der Waals surface area contributed by atoms with Gasteiger partial charge in [-0.2, -0.15) is 0 Å². The molecule has 2 aliphatic carbocycles. The second-order valence-electron chi connectivity index (χ2n) is 7.64. The lowest BCUT2D eigenvalue weighted by atomic mass is 9.59. The average molecular weight is 354 g/mol. The van der Waals surface area contributed by atoms with E-state index in [2.05, 4.69) is 19.9 Å². The smallest absolute Gasteiger partial charge is 0.279 e. The van der Waals surface area contributed by atoms with Crippen LogP contribution in [0.2, 0.25) is 0 Å². The lowest BCUT2D eigenvalue weighted by Gasteiger charge is -2.51. The maximum atomic E-state index is 12.8. The summed E-state index contributed by atoms with van der Waals surface area (Å²) in [7, 11) is 0. The first-order chi connectivity index (χ1) is 12.6. The summed E-state index contributed by atoms with van der Waals surface area (Å²) in [5, 5.41) is 0. The minimum absolute atomic E-state index is 0.0114. The zero-order valence-electron chi connectivity index (χ0n) is 14.5. The zero-order valence-corrected chi connectivity index (χ0v) is 14.5. The van der Waals surface area contributed by atoms with Gasteiger partial charge in [0.25, 0.3) is 5.79 Å². The Balaban J connectivity index is 1.64. The van der Waals surface area contributed by atoms with Crippen LogP contribution < -0.4 is 14.2 Å². The molecule has 0 saturated carbocycles. The molecule has 1 aromatic rings. The minimum atomic E-state index is -1.07. The van der Waals surface area contributed by atoms with E-state index in [-0.39, 0.29) is 37.1 Å². The Kier molecular flexibility index (Phi) is 2.61. The molecule has 26 heavy (non-hydrogen) atoms. The molecule has 134 valence electrons. The van der Waals surface area contributed by atoms with Crippen LogP contribution in [-0.4, -0.2) is 25.2 Å². The Bertz CT molecular complexity index is 915. The quantitative estimate of drug-likeness (QED) is 0.714. The highest BCUT2D eigenvalue weighted by molar-refractivity contribution is 6.06. The molecule has 0 aromatic heterocycles. The van der Waals surface area contributed by atoms with Gasteiger partial charge >= 0.3 is 0 Å². The highest BCUT2D eigenvalue weighted by atomic mass is 16.8. The van der Waals surface area contributed by atoms with Crippen LogP contribution >= 0.6 is 0 Å². The van der Waals surface area contributed by atoms with E-state index in [1.54, 1.807) is 0 Å². The largest absolute Gasteiger partial charge is 0.465 e. The molecule has 6 heteroatoms. The van der Waals surface area contributed by atoms with Crippen LogP contribution in [0.3, 0.4) is 0 Å². The van der Waals surface area contributed by atoms with Crippen molar-refractivity contribution in [2.24, 2.45) is 17.8 Å². The van der Waals surface area contributed by atoms with Crippen molar-refractivity contribution in [2.45, 2.75) is 25.6 Å². The molecule has 5 atom stereocenters. The lowest BCUT2D eigenvalue weighted by molar-refractivity contribution is -0.182. The molecule has 1 fully saturated rings. The van der Waals surface area contributed by atoms with Gasteiger partial charge in [-0.25, -0.2) is 0 Å². The van der Waals surface area contributed by atoms with Crippen LogP contribution in [0.25, 0.3) is 0 Å². The van der Waals surface area contributed by atoms with Gasteiger partial charge < -0.3 is 18.9 Å². The number of hydrogen-bond donors (Lipinski definition) is 0. The van der Waals surface area contributed by atoms with Crippen LogP contribution in [0.15, 0.2) is 35.6 Å². The average Bonchev–Trinajstić information content (AvgIpc) is 3.23. The second-order valence-corrected chi connectivity index (χ2v) is 7.64. The molecular weight excluding hydrogens is 336 g/mol. The van der Waals surface area contributed by atoms with E-state index in [0.717, 1.165) is 16.9 Å². The van der Waals surface area contributed by atoms with Crippen molar-refractivity contribution in [1.29, 1.82) is 0 Å². The zero-order chi connectivity index (χ0) is 17.6. The highest BCUT2D eigenvalue weighted by Gasteiger charge is 2.64. The third-order valence-electron chi connectivity index (χ3n) is 6.45. The highest BCUT2D eigenvalue weighted by Crippen LogP contribution is 2.61. The number of carbonyl (C=O) groups is 1. The molecule has 1 aromatic carbocycles. The summed E-state index contributed by atoms with van der Waals surface area (Å²) in [6.45, 7) is 4.66.